The number of hydrogen-bond donors (Lipinski definition) is 1. The van der Waals surface area contributed by atoms with E-state index in [4.69, 9.17) is 10.5 Å². The Hall–Kier alpha value is -0.0800. The van der Waals surface area contributed by atoms with Crippen molar-refractivity contribution in [3.05, 3.63) is 0 Å². The molecule has 0 rings (SSSR count). The van der Waals surface area contributed by atoms with Gasteiger partial charge in [0.2, 0.25) is 0 Å². The molecule has 2 atom stereocenters. The maximum absolute atomic E-state index is 6.05. The molecule has 0 aromatic heterocycles. The van der Waals surface area contributed by atoms with Crippen molar-refractivity contribution in [2.75, 3.05) is 7.11 Å². The quantitative estimate of drug-likeness (QED) is 0.622. The molecule has 0 amide bonds. The van der Waals surface area contributed by atoms with E-state index in [1.54, 1.807) is 7.11 Å². The van der Waals surface area contributed by atoms with Gasteiger partial charge in [0.1, 0.15) is 0 Å². The Balaban J connectivity index is 3.70. The molecule has 0 saturated heterocycles. The van der Waals surface area contributed by atoms with Gasteiger partial charge in [-0.25, -0.2) is 0 Å². The molecule has 0 bridgehead atoms. The largest absolute Gasteiger partial charge is 0.380 e. The van der Waals surface area contributed by atoms with Gasteiger partial charge in [-0.1, -0.05) is 40.0 Å². The topological polar surface area (TPSA) is 35.2 Å². The van der Waals surface area contributed by atoms with Crippen LogP contribution >= 0.6 is 0 Å². The van der Waals surface area contributed by atoms with E-state index >= 15 is 0 Å². The van der Waals surface area contributed by atoms with Gasteiger partial charge in [-0.05, 0) is 12.3 Å². The molecule has 2 unspecified atom stereocenters. The summed E-state index contributed by atoms with van der Waals surface area (Å²) in [6, 6.07) is 0.205. The summed E-state index contributed by atoms with van der Waals surface area (Å²) >= 11 is 0. The normalized spacial score (nSPS) is 16.2. The third-order valence-electron chi connectivity index (χ3n) is 2.49. The van der Waals surface area contributed by atoms with Crippen LogP contribution < -0.4 is 5.73 Å². The second kappa shape index (κ2) is 7.34. The van der Waals surface area contributed by atoms with Crippen molar-refractivity contribution in [3.63, 3.8) is 0 Å². The minimum Gasteiger partial charge on any atom is -0.380 e. The minimum atomic E-state index is 0.205. The molecular formula is C11H25NO. The average Bonchev–Trinajstić information content (AvgIpc) is 2.05. The van der Waals surface area contributed by atoms with Crippen LogP contribution in [-0.2, 0) is 4.74 Å². The summed E-state index contributed by atoms with van der Waals surface area (Å²) in [5.41, 5.74) is 6.05. The van der Waals surface area contributed by atoms with Crippen LogP contribution in [0, 0.1) is 5.92 Å². The van der Waals surface area contributed by atoms with E-state index in [1.165, 1.54) is 19.3 Å². The van der Waals surface area contributed by atoms with E-state index in [0.29, 0.717) is 5.92 Å². The first-order chi connectivity index (χ1) is 6.13. The van der Waals surface area contributed by atoms with Gasteiger partial charge in [-0.3, -0.25) is 0 Å². The zero-order chi connectivity index (χ0) is 10.3. The molecule has 0 aromatic carbocycles. The van der Waals surface area contributed by atoms with Crippen LogP contribution in [-0.4, -0.2) is 19.3 Å². The Kier molecular flexibility index (Phi) is 7.29. The predicted molar refractivity (Wildman–Crippen MR) is 57.8 cm³/mol. The molecule has 0 radical (unpaired) electrons. The zero-order valence-electron chi connectivity index (χ0n) is 9.55. The lowest BCUT2D eigenvalue weighted by Crippen LogP contribution is -2.39. The molecular weight excluding hydrogens is 162 g/mol. The van der Waals surface area contributed by atoms with Crippen LogP contribution in [0.2, 0.25) is 0 Å². The second-order valence-corrected chi connectivity index (χ2v) is 4.10. The van der Waals surface area contributed by atoms with Gasteiger partial charge in [0, 0.05) is 13.2 Å². The number of rotatable bonds is 7. The molecule has 0 heterocycles. The van der Waals surface area contributed by atoms with Crippen LogP contribution in [0.3, 0.4) is 0 Å². The average molecular weight is 187 g/mol. The van der Waals surface area contributed by atoms with Gasteiger partial charge in [0.05, 0.1) is 6.10 Å². The molecule has 2 N–H and O–H groups in total. The third-order valence-corrected chi connectivity index (χ3v) is 2.49. The Morgan fingerprint density at radius 3 is 2.23 bits per heavy atom. The van der Waals surface area contributed by atoms with Gasteiger partial charge in [0.15, 0.2) is 0 Å². The van der Waals surface area contributed by atoms with E-state index in [1.807, 2.05) is 0 Å². The summed E-state index contributed by atoms with van der Waals surface area (Å²) in [5.74, 6) is 0.515. The molecule has 0 saturated carbocycles. The van der Waals surface area contributed by atoms with Crippen LogP contribution in [0.15, 0.2) is 0 Å². The maximum Gasteiger partial charge on any atom is 0.0744 e. The standard InChI is InChI=1S/C11H25NO/c1-5-6-7-8-10(12)11(13-4)9(2)3/h9-11H,5-8,12H2,1-4H3. The van der Waals surface area contributed by atoms with Crippen LogP contribution in [0.1, 0.15) is 46.5 Å². The lowest BCUT2D eigenvalue weighted by molar-refractivity contribution is 0.0412. The van der Waals surface area contributed by atoms with Gasteiger partial charge >= 0.3 is 0 Å². The molecule has 0 aliphatic carbocycles. The van der Waals surface area contributed by atoms with Gasteiger partial charge in [-0.2, -0.15) is 0 Å². The zero-order valence-corrected chi connectivity index (χ0v) is 9.55. The van der Waals surface area contributed by atoms with Crippen LogP contribution in [0.5, 0.6) is 0 Å². The molecule has 0 aromatic rings. The van der Waals surface area contributed by atoms with E-state index in [2.05, 4.69) is 20.8 Å². The summed E-state index contributed by atoms with van der Waals surface area (Å²) in [7, 11) is 1.75. The minimum absolute atomic E-state index is 0.205. The highest BCUT2D eigenvalue weighted by Crippen LogP contribution is 2.13. The van der Waals surface area contributed by atoms with E-state index < -0.39 is 0 Å². The fourth-order valence-electron chi connectivity index (χ4n) is 1.74. The highest BCUT2D eigenvalue weighted by atomic mass is 16.5. The smallest absolute Gasteiger partial charge is 0.0744 e. The molecule has 2 heteroatoms. The number of methoxy groups -OCH3 is 1. The highest BCUT2D eigenvalue weighted by Gasteiger charge is 2.19. The van der Waals surface area contributed by atoms with Crippen molar-refractivity contribution < 1.29 is 4.74 Å². The van der Waals surface area contributed by atoms with E-state index in [-0.39, 0.29) is 12.1 Å². The summed E-state index contributed by atoms with van der Waals surface area (Å²) in [6.45, 7) is 6.53. The maximum atomic E-state index is 6.05. The molecule has 0 spiro atoms. The first kappa shape index (κ1) is 12.9. The second-order valence-electron chi connectivity index (χ2n) is 4.10. The van der Waals surface area contributed by atoms with Crippen molar-refractivity contribution in [3.8, 4) is 0 Å². The summed E-state index contributed by atoms with van der Waals surface area (Å²) in [5, 5.41) is 0. The molecule has 13 heavy (non-hydrogen) atoms. The van der Waals surface area contributed by atoms with Gasteiger partial charge in [-0.15, -0.1) is 0 Å². The molecule has 0 fully saturated rings. The van der Waals surface area contributed by atoms with E-state index in [9.17, 15) is 0 Å². The summed E-state index contributed by atoms with van der Waals surface area (Å²) in [4.78, 5) is 0. The Labute approximate surface area is 82.8 Å². The number of hydrogen-bond acceptors (Lipinski definition) is 2. The lowest BCUT2D eigenvalue weighted by Gasteiger charge is -2.25. The lowest BCUT2D eigenvalue weighted by atomic mass is 9.96. The Morgan fingerprint density at radius 1 is 1.23 bits per heavy atom. The van der Waals surface area contributed by atoms with Crippen molar-refractivity contribution >= 4 is 0 Å². The van der Waals surface area contributed by atoms with Crippen LogP contribution in [0.25, 0.3) is 0 Å². The summed E-state index contributed by atoms with van der Waals surface area (Å²) in [6.07, 6.45) is 5.07. The molecule has 0 aliphatic rings. The number of unbranched alkanes of at least 4 members (excludes halogenated alkanes) is 2. The SMILES string of the molecule is CCCCCC(N)C(OC)C(C)C. The summed E-state index contributed by atoms with van der Waals surface area (Å²) < 4.78 is 5.38. The number of nitrogens with two attached hydrogens (primary N) is 1. The molecule has 0 aliphatic heterocycles. The Bertz CT molecular complexity index is 115. The third kappa shape index (κ3) is 5.27. The molecule has 80 valence electrons. The van der Waals surface area contributed by atoms with E-state index in [0.717, 1.165) is 6.42 Å². The Morgan fingerprint density at radius 2 is 1.85 bits per heavy atom. The van der Waals surface area contributed by atoms with Gasteiger partial charge < -0.3 is 10.5 Å². The van der Waals surface area contributed by atoms with Crippen molar-refractivity contribution in [2.45, 2.75) is 58.6 Å². The highest BCUT2D eigenvalue weighted by molar-refractivity contribution is 4.75. The monoisotopic (exact) mass is 187 g/mol. The van der Waals surface area contributed by atoms with Crippen molar-refractivity contribution in [2.24, 2.45) is 11.7 Å². The van der Waals surface area contributed by atoms with Crippen LogP contribution in [0.4, 0.5) is 0 Å². The first-order valence-electron chi connectivity index (χ1n) is 5.41. The van der Waals surface area contributed by atoms with Crippen molar-refractivity contribution in [1.29, 1.82) is 0 Å². The fourth-order valence-corrected chi connectivity index (χ4v) is 1.74. The predicted octanol–water partition coefficient (Wildman–Crippen LogP) is 2.57. The van der Waals surface area contributed by atoms with Gasteiger partial charge in [0.25, 0.3) is 0 Å². The first-order valence-corrected chi connectivity index (χ1v) is 5.41. The number of ether oxygens (including phenoxy) is 1. The fraction of sp³-hybridized carbons (Fsp3) is 1.00. The molecule has 2 nitrogen and oxygen atoms in total. The van der Waals surface area contributed by atoms with Crippen molar-refractivity contribution in [1.82, 2.24) is 0 Å².